The molecule has 0 unspecified atom stereocenters. The van der Waals surface area contributed by atoms with Gasteiger partial charge in [-0.2, -0.15) is 0 Å². The molecule has 0 radical (unpaired) electrons. The molecule has 9 heteroatoms. The van der Waals surface area contributed by atoms with E-state index in [9.17, 15) is 0 Å². The fraction of sp³-hybridized carbons (Fsp3) is 0.619. The number of nitrogens with zero attached hydrogens (tertiary/aromatic N) is 3. The predicted molar refractivity (Wildman–Crippen MR) is 133 cm³/mol. The largest absolute Gasteiger partial charge is 0.469 e. The number of aryl methyl sites for hydroxylation is 1. The number of hydrogen-bond acceptors (Lipinski definition) is 6. The average Bonchev–Trinajstić information content (AvgIpc) is 3.43. The van der Waals surface area contributed by atoms with Gasteiger partial charge in [0.15, 0.2) is 5.96 Å². The van der Waals surface area contributed by atoms with Crippen LogP contribution < -0.4 is 10.6 Å². The fourth-order valence-electron chi connectivity index (χ4n) is 3.16. The Balaban J connectivity index is 0.00000320. The zero-order valence-electron chi connectivity index (χ0n) is 17.8. The quantitative estimate of drug-likeness (QED) is 0.195. The first-order chi connectivity index (χ1) is 14.3. The molecule has 3 rings (SSSR count). The average molecular weight is 548 g/mol. The highest BCUT2D eigenvalue weighted by molar-refractivity contribution is 14.0. The Morgan fingerprint density at radius 2 is 2.03 bits per heavy atom. The number of morpholine rings is 1. The van der Waals surface area contributed by atoms with Crippen LogP contribution in [0.3, 0.4) is 0 Å². The van der Waals surface area contributed by atoms with Crippen molar-refractivity contribution in [1.29, 1.82) is 0 Å². The molecule has 7 nitrogen and oxygen atoms in total. The van der Waals surface area contributed by atoms with Gasteiger partial charge in [-0.3, -0.25) is 9.89 Å². The summed E-state index contributed by atoms with van der Waals surface area (Å²) in [6, 6.07) is 3.93. The Bertz CT molecular complexity index is 717. The molecule has 0 aromatic carbocycles. The van der Waals surface area contributed by atoms with Crippen molar-refractivity contribution < 1.29 is 9.15 Å². The Hall–Kier alpha value is -1.17. The van der Waals surface area contributed by atoms with E-state index >= 15 is 0 Å². The van der Waals surface area contributed by atoms with Crippen molar-refractivity contribution in [3.63, 3.8) is 0 Å². The van der Waals surface area contributed by atoms with Crippen LogP contribution >= 0.6 is 35.3 Å². The van der Waals surface area contributed by atoms with Gasteiger partial charge in [-0.05, 0) is 25.0 Å². The van der Waals surface area contributed by atoms with Crippen LogP contribution in [-0.4, -0.2) is 68.3 Å². The second-order valence-electron chi connectivity index (χ2n) is 7.04. The molecule has 3 heterocycles. The van der Waals surface area contributed by atoms with E-state index in [1.54, 1.807) is 17.6 Å². The molecule has 168 valence electrons. The van der Waals surface area contributed by atoms with E-state index in [0.717, 1.165) is 89.9 Å². The maximum absolute atomic E-state index is 5.41. The number of thiazole rings is 1. The lowest BCUT2D eigenvalue weighted by atomic mass is 10.3. The summed E-state index contributed by atoms with van der Waals surface area (Å²) in [6.45, 7) is 9.43. The van der Waals surface area contributed by atoms with Crippen molar-refractivity contribution in [3.05, 3.63) is 40.2 Å². The summed E-state index contributed by atoms with van der Waals surface area (Å²) >= 11 is 1.80. The number of furan rings is 1. The van der Waals surface area contributed by atoms with Crippen LogP contribution in [0.5, 0.6) is 0 Å². The van der Waals surface area contributed by atoms with E-state index in [2.05, 4.69) is 27.4 Å². The number of ether oxygens (including phenoxy) is 1. The van der Waals surface area contributed by atoms with Gasteiger partial charge in [0.1, 0.15) is 5.76 Å². The molecule has 0 saturated carbocycles. The molecule has 1 saturated heterocycles. The maximum atomic E-state index is 5.41. The highest BCUT2D eigenvalue weighted by Crippen LogP contribution is 2.13. The summed E-state index contributed by atoms with van der Waals surface area (Å²) in [5.74, 6) is 1.85. The number of nitrogens with one attached hydrogen (secondary N) is 2. The van der Waals surface area contributed by atoms with Crippen LogP contribution in [0.15, 0.2) is 34.0 Å². The normalized spacial score (nSPS) is 15.0. The van der Waals surface area contributed by atoms with Crippen molar-refractivity contribution in [2.75, 3.05) is 52.5 Å². The van der Waals surface area contributed by atoms with Crippen LogP contribution in [-0.2, 0) is 24.0 Å². The molecule has 0 aliphatic carbocycles. The van der Waals surface area contributed by atoms with Gasteiger partial charge in [0.2, 0.25) is 0 Å². The highest BCUT2D eigenvalue weighted by atomic mass is 127. The molecule has 1 aliphatic heterocycles. The minimum Gasteiger partial charge on any atom is -0.469 e. The van der Waals surface area contributed by atoms with Gasteiger partial charge >= 0.3 is 0 Å². The molecule has 2 N–H and O–H groups in total. The van der Waals surface area contributed by atoms with Crippen LogP contribution in [0.2, 0.25) is 0 Å². The van der Waals surface area contributed by atoms with Crippen molar-refractivity contribution in [2.45, 2.75) is 32.6 Å². The van der Waals surface area contributed by atoms with Gasteiger partial charge in [0.05, 0.1) is 24.5 Å². The third-order valence-corrected chi connectivity index (χ3v) is 6.03. The first-order valence-electron chi connectivity index (χ1n) is 10.6. The zero-order chi connectivity index (χ0) is 20.2. The molecule has 0 amide bonds. The van der Waals surface area contributed by atoms with Gasteiger partial charge in [0.25, 0.3) is 0 Å². The maximum Gasteiger partial charge on any atom is 0.191 e. The lowest BCUT2D eigenvalue weighted by Crippen LogP contribution is -2.40. The minimum absolute atomic E-state index is 0. The van der Waals surface area contributed by atoms with Gasteiger partial charge in [-0.1, -0.05) is 6.92 Å². The topological polar surface area (TPSA) is 74.9 Å². The second kappa shape index (κ2) is 14.8. The molecule has 1 fully saturated rings. The Morgan fingerprint density at radius 1 is 1.23 bits per heavy atom. The molecule has 2 aromatic heterocycles. The third-order valence-electron chi connectivity index (χ3n) is 4.83. The number of aliphatic imine (C=N–C) groups is 1. The second-order valence-corrected chi connectivity index (χ2v) is 8.24. The number of halogens is 1. The highest BCUT2D eigenvalue weighted by Gasteiger charge is 2.09. The van der Waals surface area contributed by atoms with Gasteiger partial charge in [-0.25, -0.2) is 4.98 Å². The van der Waals surface area contributed by atoms with Crippen LogP contribution in [0, 0.1) is 0 Å². The summed E-state index contributed by atoms with van der Waals surface area (Å²) in [7, 11) is 0. The lowest BCUT2D eigenvalue weighted by Gasteiger charge is -2.26. The summed E-state index contributed by atoms with van der Waals surface area (Å²) < 4.78 is 10.8. The first kappa shape index (κ1) is 25.1. The summed E-state index contributed by atoms with van der Waals surface area (Å²) in [5.41, 5.74) is 0. The summed E-state index contributed by atoms with van der Waals surface area (Å²) in [6.07, 6.45) is 7.56. The number of aromatic nitrogens is 1. The first-order valence-corrected chi connectivity index (χ1v) is 11.4. The molecular weight excluding hydrogens is 513 g/mol. The molecule has 30 heavy (non-hydrogen) atoms. The smallest absolute Gasteiger partial charge is 0.191 e. The standard InChI is InChI=1S/C21H33N5O2S.HI/c1-2-19-17-25-20(29-19)7-10-24-21(23-9-6-18-5-3-14-28-18)22-8-4-11-26-12-15-27-16-13-26;/h3,5,14,17H,2,4,6-13,15-16H2,1H3,(H2,22,23,24);1H. The van der Waals surface area contributed by atoms with E-state index in [-0.39, 0.29) is 24.0 Å². The summed E-state index contributed by atoms with van der Waals surface area (Å²) in [4.78, 5) is 13.1. The van der Waals surface area contributed by atoms with E-state index in [1.165, 1.54) is 9.88 Å². The van der Waals surface area contributed by atoms with Crippen molar-refractivity contribution in [2.24, 2.45) is 4.99 Å². The van der Waals surface area contributed by atoms with Crippen LogP contribution in [0.25, 0.3) is 0 Å². The molecular formula is C21H34IN5O2S. The van der Waals surface area contributed by atoms with Crippen molar-refractivity contribution in [1.82, 2.24) is 20.5 Å². The third kappa shape index (κ3) is 9.32. The van der Waals surface area contributed by atoms with E-state index in [1.807, 2.05) is 18.3 Å². The molecule has 0 spiro atoms. The molecule has 1 aliphatic rings. The predicted octanol–water partition coefficient (Wildman–Crippen LogP) is 2.96. The number of rotatable bonds is 11. The molecule has 2 aromatic rings. The monoisotopic (exact) mass is 547 g/mol. The fourth-order valence-corrected chi connectivity index (χ4v) is 4.02. The van der Waals surface area contributed by atoms with Gasteiger partial charge < -0.3 is 19.8 Å². The molecule has 0 atom stereocenters. The molecule has 0 bridgehead atoms. The van der Waals surface area contributed by atoms with Gasteiger partial charge in [0, 0.05) is 63.2 Å². The number of guanidine groups is 1. The van der Waals surface area contributed by atoms with Crippen LogP contribution in [0.4, 0.5) is 0 Å². The summed E-state index contributed by atoms with van der Waals surface area (Å²) in [5, 5.41) is 8.06. The van der Waals surface area contributed by atoms with Crippen molar-refractivity contribution >= 4 is 41.3 Å². The van der Waals surface area contributed by atoms with E-state index < -0.39 is 0 Å². The minimum atomic E-state index is 0. The van der Waals surface area contributed by atoms with E-state index in [4.69, 9.17) is 14.1 Å². The van der Waals surface area contributed by atoms with E-state index in [0.29, 0.717) is 0 Å². The Labute approximate surface area is 200 Å². The lowest BCUT2D eigenvalue weighted by molar-refractivity contribution is 0.0377. The van der Waals surface area contributed by atoms with Crippen LogP contribution in [0.1, 0.15) is 29.0 Å². The zero-order valence-corrected chi connectivity index (χ0v) is 20.9. The Morgan fingerprint density at radius 3 is 2.73 bits per heavy atom. The number of hydrogen-bond donors (Lipinski definition) is 2. The van der Waals surface area contributed by atoms with Crippen molar-refractivity contribution in [3.8, 4) is 0 Å². The SMILES string of the molecule is CCc1cnc(CCNC(=NCCCN2CCOCC2)NCCc2ccco2)s1.I. The Kier molecular flexibility index (Phi) is 12.4. The van der Waals surface area contributed by atoms with Gasteiger partial charge in [-0.15, -0.1) is 35.3 Å².